The van der Waals surface area contributed by atoms with Crippen LogP contribution < -0.4 is 20.9 Å². The van der Waals surface area contributed by atoms with Gasteiger partial charge in [0, 0.05) is 30.9 Å². The minimum Gasteiger partial charge on any atom is -0.483 e. The fourth-order valence-corrected chi connectivity index (χ4v) is 4.38. The highest BCUT2D eigenvalue weighted by Gasteiger charge is 2.30. The second kappa shape index (κ2) is 10.4. The van der Waals surface area contributed by atoms with E-state index < -0.39 is 0 Å². The van der Waals surface area contributed by atoms with Crippen LogP contribution in [0.15, 0.2) is 47.3 Å². The summed E-state index contributed by atoms with van der Waals surface area (Å²) in [5.41, 5.74) is 1.28. The SMILES string of the molecule is Cc1cc(=O)[nH]c(NC(=O)CN2CC[C@H]3NC(=O)COc4ccccc4CC=CC[C@H]3C2)n1. The Kier molecular flexibility index (Phi) is 7.19. The number of aromatic amines is 1. The number of rotatable bonds is 3. The van der Waals surface area contributed by atoms with E-state index in [1.807, 2.05) is 24.3 Å². The van der Waals surface area contributed by atoms with Gasteiger partial charge in [0.25, 0.3) is 11.5 Å². The number of nitrogens with one attached hydrogen (secondary N) is 3. The second-order valence-electron chi connectivity index (χ2n) is 8.55. The summed E-state index contributed by atoms with van der Waals surface area (Å²) in [4.78, 5) is 45.4. The summed E-state index contributed by atoms with van der Waals surface area (Å²) in [6.07, 6.45) is 6.57. The van der Waals surface area contributed by atoms with E-state index in [0.717, 1.165) is 30.6 Å². The third kappa shape index (κ3) is 6.29. The molecule has 2 aromatic rings. The van der Waals surface area contributed by atoms with Crippen LogP contribution >= 0.6 is 0 Å². The number of para-hydroxylation sites is 1. The van der Waals surface area contributed by atoms with Crippen LogP contribution in [-0.4, -0.2) is 59.0 Å². The van der Waals surface area contributed by atoms with Crippen molar-refractivity contribution in [2.24, 2.45) is 5.92 Å². The molecule has 33 heavy (non-hydrogen) atoms. The molecule has 9 heteroatoms. The number of aryl methyl sites for hydroxylation is 1. The van der Waals surface area contributed by atoms with Crippen molar-refractivity contribution in [1.29, 1.82) is 0 Å². The van der Waals surface area contributed by atoms with Gasteiger partial charge in [-0.1, -0.05) is 30.4 Å². The molecule has 1 aromatic heterocycles. The van der Waals surface area contributed by atoms with Gasteiger partial charge in [-0.3, -0.25) is 29.6 Å². The highest BCUT2D eigenvalue weighted by Crippen LogP contribution is 2.23. The zero-order valence-electron chi connectivity index (χ0n) is 18.7. The van der Waals surface area contributed by atoms with Gasteiger partial charge in [-0.25, -0.2) is 4.98 Å². The van der Waals surface area contributed by atoms with Gasteiger partial charge in [0.2, 0.25) is 11.9 Å². The van der Waals surface area contributed by atoms with E-state index in [0.29, 0.717) is 18.8 Å². The predicted octanol–water partition coefficient (Wildman–Crippen LogP) is 1.40. The van der Waals surface area contributed by atoms with Crippen LogP contribution in [0.2, 0.25) is 0 Å². The first-order valence-corrected chi connectivity index (χ1v) is 11.2. The summed E-state index contributed by atoms with van der Waals surface area (Å²) in [6.45, 7) is 3.23. The fraction of sp³-hybridized carbons (Fsp3) is 0.417. The smallest absolute Gasteiger partial charge is 0.258 e. The normalized spacial score (nSPS) is 21.4. The van der Waals surface area contributed by atoms with Gasteiger partial charge in [0.1, 0.15) is 5.75 Å². The average molecular weight is 452 g/mol. The molecule has 0 spiro atoms. The Morgan fingerprint density at radius 1 is 1.27 bits per heavy atom. The summed E-state index contributed by atoms with van der Waals surface area (Å²) in [5.74, 6) is 0.698. The quantitative estimate of drug-likeness (QED) is 0.608. The summed E-state index contributed by atoms with van der Waals surface area (Å²) >= 11 is 0. The standard InChI is InChI=1S/C24H29N5O4/c1-16-12-21(30)27-24(25-16)28-22(31)14-29-11-10-19-18(13-29)8-3-2-6-17-7-4-5-9-20(17)33-15-23(32)26-19/h2-5,7,9,12,18-19H,6,8,10-11,13-15H2,1H3,(H,26,32)(H2,25,27,28,30,31)/t18-,19+/m0/s1. The lowest BCUT2D eigenvalue weighted by Crippen LogP contribution is -2.53. The third-order valence-corrected chi connectivity index (χ3v) is 5.93. The molecule has 1 saturated heterocycles. The Morgan fingerprint density at radius 2 is 2.12 bits per heavy atom. The molecule has 0 bridgehead atoms. The number of nitrogens with zero attached hydrogens (tertiary/aromatic N) is 2. The molecule has 3 N–H and O–H groups in total. The van der Waals surface area contributed by atoms with Gasteiger partial charge in [-0.15, -0.1) is 0 Å². The van der Waals surface area contributed by atoms with Crippen molar-refractivity contribution in [2.75, 3.05) is 31.6 Å². The Labute approximate surface area is 192 Å². The van der Waals surface area contributed by atoms with Crippen LogP contribution in [-0.2, 0) is 16.0 Å². The van der Waals surface area contributed by atoms with Crippen molar-refractivity contribution in [3.05, 3.63) is 64.1 Å². The van der Waals surface area contributed by atoms with Gasteiger partial charge >= 0.3 is 0 Å². The number of hydrogen-bond donors (Lipinski definition) is 3. The minimum atomic E-state index is -0.305. The van der Waals surface area contributed by atoms with E-state index in [2.05, 4.69) is 37.7 Å². The van der Waals surface area contributed by atoms with Crippen molar-refractivity contribution in [3.63, 3.8) is 0 Å². The van der Waals surface area contributed by atoms with Crippen molar-refractivity contribution >= 4 is 17.8 Å². The molecule has 2 atom stereocenters. The Bertz CT molecular complexity index is 1100. The molecule has 0 radical (unpaired) electrons. The summed E-state index contributed by atoms with van der Waals surface area (Å²) in [5, 5.41) is 5.79. The predicted molar refractivity (Wildman–Crippen MR) is 124 cm³/mol. The number of piperidine rings is 1. The van der Waals surface area contributed by atoms with Crippen LogP contribution in [0.3, 0.4) is 0 Å². The molecule has 0 unspecified atom stereocenters. The highest BCUT2D eigenvalue weighted by molar-refractivity contribution is 5.90. The average Bonchev–Trinajstić information content (AvgIpc) is 2.76. The van der Waals surface area contributed by atoms with E-state index >= 15 is 0 Å². The van der Waals surface area contributed by atoms with E-state index in [1.54, 1.807) is 6.92 Å². The van der Waals surface area contributed by atoms with Crippen LogP contribution in [0.4, 0.5) is 5.95 Å². The molecule has 0 aliphatic carbocycles. The molecule has 174 valence electrons. The molecular formula is C24H29N5O4. The summed E-state index contributed by atoms with van der Waals surface area (Å²) < 4.78 is 5.76. The van der Waals surface area contributed by atoms with Crippen molar-refractivity contribution < 1.29 is 14.3 Å². The zero-order chi connectivity index (χ0) is 23.2. The zero-order valence-corrected chi connectivity index (χ0v) is 18.7. The van der Waals surface area contributed by atoms with Gasteiger partial charge in [0.05, 0.1) is 6.54 Å². The maximum absolute atomic E-state index is 12.5. The Hall–Kier alpha value is -3.46. The van der Waals surface area contributed by atoms with E-state index in [-0.39, 0.29) is 48.4 Å². The number of hydrogen-bond acceptors (Lipinski definition) is 6. The van der Waals surface area contributed by atoms with Gasteiger partial charge in [-0.2, -0.15) is 0 Å². The second-order valence-corrected chi connectivity index (χ2v) is 8.55. The lowest BCUT2D eigenvalue weighted by atomic mass is 9.88. The van der Waals surface area contributed by atoms with Crippen molar-refractivity contribution in [2.45, 2.75) is 32.2 Å². The number of fused-ring (bicyclic) bond motifs is 2. The molecular weight excluding hydrogens is 422 g/mol. The minimum absolute atomic E-state index is 0.0161. The van der Waals surface area contributed by atoms with Crippen LogP contribution in [0.25, 0.3) is 0 Å². The molecule has 0 saturated carbocycles. The van der Waals surface area contributed by atoms with Gasteiger partial charge in [-0.05, 0) is 43.7 Å². The van der Waals surface area contributed by atoms with E-state index in [4.69, 9.17) is 4.74 Å². The largest absolute Gasteiger partial charge is 0.483 e. The maximum Gasteiger partial charge on any atom is 0.258 e. The number of carbonyl (C=O) groups excluding carboxylic acids is 2. The number of likely N-dealkylation sites (tertiary alicyclic amines) is 1. The Morgan fingerprint density at radius 3 is 2.97 bits per heavy atom. The first-order valence-electron chi connectivity index (χ1n) is 11.2. The summed E-state index contributed by atoms with van der Waals surface area (Å²) in [6, 6.07) is 9.15. The first-order chi connectivity index (χ1) is 16.0. The molecule has 9 nitrogen and oxygen atoms in total. The van der Waals surface area contributed by atoms with Crippen molar-refractivity contribution in [1.82, 2.24) is 20.2 Å². The first kappa shape index (κ1) is 22.7. The lowest BCUT2D eigenvalue weighted by Gasteiger charge is -2.38. The fourth-order valence-electron chi connectivity index (χ4n) is 4.38. The van der Waals surface area contributed by atoms with E-state index in [9.17, 15) is 14.4 Å². The van der Waals surface area contributed by atoms with Crippen LogP contribution in [0.1, 0.15) is 24.1 Å². The highest BCUT2D eigenvalue weighted by atomic mass is 16.5. The number of benzene rings is 1. The number of ether oxygens (including phenoxy) is 1. The Balaban J connectivity index is 1.39. The third-order valence-electron chi connectivity index (χ3n) is 5.93. The lowest BCUT2D eigenvalue weighted by molar-refractivity contribution is -0.125. The number of anilines is 1. The number of aromatic nitrogens is 2. The summed E-state index contributed by atoms with van der Waals surface area (Å²) in [7, 11) is 0. The monoisotopic (exact) mass is 451 g/mol. The molecule has 2 amide bonds. The van der Waals surface area contributed by atoms with E-state index in [1.165, 1.54) is 6.07 Å². The van der Waals surface area contributed by atoms with Crippen LogP contribution in [0, 0.1) is 12.8 Å². The molecule has 1 fully saturated rings. The van der Waals surface area contributed by atoms with Crippen LogP contribution in [0.5, 0.6) is 5.75 Å². The molecule has 3 heterocycles. The van der Waals surface area contributed by atoms with Gasteiger partial charge < -0.3 is 10.1 Å². The topological polar surface area (TPSA) is 116 Å². The number of allylic oxidation sites excluding steroid dienone is 2. The molecule has 1 aromatic carbocycles. The number of H-pyrrole nitrogens is 1. The molecule has 2 aliphatic heterocycles. The molecule has 4 rings (SSSR count). The van der Waals surface area contributed by atoms with Crippen molar-refractivity contribution in [3.8, 4) is 5.75 Å². The van der Waals surface area contributed by atoms with Gasteiger partial charge in [0.15, 0.2) is 6.61 Å². The maximum atomic E-state index is 12.5. The number of amides is 2. The molecule has 2 aliphatic rings. The number of carbonyl (C=O) groups is 2.